The van der Waals surface area contributed by atoms with Crippen LogP contribution in [-0.2, 0) is 11.3 Å². The number of carboxylic acid groups (broad SMARTS) is 1. The van der Waals surface area contributed by atoms with Crippen LogP contribution in [-0.4, -0.2) is 60.8 Å². The van der Waals surface area contributed by atoms with Gasteiger partial charge in [-0.2, -0.15) is 0 Å². The second kappa shape index (κ2) is 10.2. The van der Waals surface area contributed by atoms with Gasteiger partial charge in [-0.1, -0.05) is 6.07 Å². The zero-order valence-electron chi connectivity index (χ0n) is 22.1. The van der Waals surface area contributed by atoms with E-state index in [1.54, 1.807) is 26.4 Å². The van der Waals surface area contributed by atoms with Crippen molar-refractivity contribution in [2.45, 2.75) is 51.1 Å². The molecule has 38 heavy (non-hydrogen) atoms. The number of likely N-dealkylation sites (tertiary alicyclic amines) is 1. The molecule has 0 radical (unpaired) electrons. The fourth-order valence-corrected chi connectivity index (χ4v) is 6.45. The average molecular weight is 528 g/mol. The molecule has 1 atom stereocenters. The third-order valence-electron chi connectivity index (χ3n) is 8.24. The summed E-state index contributed by atoms with van der Waals surface area (Å²) < 4.78 is 39.2. The molecule has 7 nitrogen and oxygen atoms in total. The van der Waals surface area contributed by atoms with Gasteiger partial charge in [-0.25, -0.2) is 13.6 Å². The normalized spacial score (nSPS) is 20.4. The summed E-state index contributed by atoms with van der Waals surface area (Å²) in [6.45, 7) is 4.22. The number of carboxylic acids is 1. The Hall–Kier alpha value is -3.17. The number of aryl methyl sites for hydroxylation is 1. The molecule has 3 aromatic rings. The number of hydrogen-bond acceptors (Lipinski definition) is 5. The number of carbonyl (C=O) groups is 1. The Morgan fingerprint density at radius 1 is 1.24 bits per heavy atom. The molecule has 2 aliphatic rings. The third-order valence-corrected chi connectivity index (χ3v) is 8.24. The summed E-state index contributed by atoms with van der Waals surface area (Å²) in [5, 5.41) is 14.0. The molecule has 3 N–H and O–H groups in total. The van der Waals surface area contributed by atoms with Crippen LogP contribution in [0.2, 0.25) is 0 Å². The maximum absolute atomic E-state index is 14.1. The lowest BCUT2D eigenvalue weighted by Gasteiger charge is -2.55. The number of anilines is 1. The number of H-pyrrole nitrogens is 1. The van der Waals surface area contributed by atoms with E-state index in [1.807, 2.05) is 31.3 Å². The minimum atomic E-state index is -2.61. The largest absolute Gasteiger partial charge is 0.496 e. The number of piperidine rings is 1. The first-order valence-corrected chi connectivity index (χ1v) is 13.0. The minimum absolute atomic E-state index is 0.0973. The van der Waals surface area contributed by atoms with Gasteiger partial charge >= 0.3 is 5.97 Å². The van der Waals surface area contributed by atoms with E-state index < -0.39 is 17.3 Å². The summed E-state index contributed by atoms with van der Waals surface area (Å²) >= 11 is 0. The summed E-state index contributed by atoms with van der Waals surface area (Å²) in [6, 6.07) is 8.98. The average Bonchev–Trinajstić information content (AvgIpc) is 3.36. The molecule has 1 saturated heterocycles. The summed E-state index contributed by atoms with van der Waals surface area (Å²) in [4.78, 5) is 17.4. The van der Waals surface area contributed by atoms with Crippen LogP contribution >= 0.6 is 0 Å². The second-order valence-electron chi connectivity index (χ2n) is 10.8. The van der Waals surface area contributed by atoms with Crippen LogP contribution < -0.4 is 10.1 Å². The van der Waals surface area contributed by atoms with E-state index in [4.69, 9.17) is 9.47 Å². The summed E-state index contributed by atoms with van der Waals surface area (Å²) in [7, 11) is 3.27. The van der Waals surface area contributed by atoms with Crippen LogP contribution in [0, 0.1) is 12.3 Å². The highest BCUT2D eigenvalue weighted by Gasteiger charge is 2.58. The van der Waals surface area contributed by atoms with Gasteiger partial charge in [-0.05, 0) is 67.1 Å². The summed E-state index contributed by atoms with van der Waals surface area (Å²) in [5.74, 6) is -2.83. The number of aromatic nitrogens is 1. The molecule has 5 rings (SSSR count). The van der Waals surface area contributed by atoms with E-state index >= 15 is 0 Å². The quantitative estimate of drug-likeness (QED) is 0.296. The molecular weight excluding hydrogens is 492 g/mol. The number of alkyl halides is 2. The molecule has 1 spiro atoms. The topological polar surface area (TPSA) is 86.8 Å². The van der Waals surface area contributed by atoms with E-state index in [-0.39, 0.29) is 24.4 Å². The number of benzene rings is 2. The Kier molecular flexibility index (Phi) is 7.09. The van der Waals surface area contributed by atoms with Gasteiger partial charge in [0.15, 0.2) is 0 Å². The van der Waals surface area contributed by atoms with Gasteiger partial charge in [0.2, 0.25) is 5.92 Å². The zero-order chi connectivity index (χ0) is 27.1. The van der Waals surface area contributed by atoms with Crippen molar-refractivity contribution in [3.05, 3.63) is 58.8 Å². The van der Waals surface area contributed by atoms with E-state index in [9.17, 15) is 18.7 Å². The molecule has 0 bridgehead atoms. The van der Waals surface area contributed by atoms with Gasteiger partial charge in [-0.3, -0.25) is 4.90 Å². The number of aromatic amines is 1. The van der Waals surface area contributed by atoms with E-state index in [1.165, 1.54) is 0 Å². The third kappa shape index (κ3) is 4.97. The molecule has 1 aliphatic carbocycles. The van der Waals surface area contributed by atoms with Gasteiger partial charge in [0, 0.05) is 67.4 Å². The van der Waals surface area contributed by atoms with Gasteiger partial charge in [0.05, 0.1) is 19.3 Å². The number of ether oxygens (including phenoxy) is 2. The number of hydrogen-bond donors (Lipinski definition) is 3. The fraction of sp³-hybridized carbons (Fsp3) is 0.483. The van der Waals surface area contributed by atoms with Crippen molar-refractivity contribution in [2.24, 2.45) is 5.41 Å². The monoisotopic (exact) mass is 527 g/mol. The lowest BCUT2D eigenvalue weighted by Crippen LogP contribution is -2.53. The van der Waals surface area contributed by atoms with Crippen molar-refractivity contribution in [2.75, 3.05) is 39.2 Å². The first kappa shape index (κ1) is 26.4. The maximum atomic E-state index is 14.1. The second-order valence-corrected chi connectivity index (χ2v) is 10.8. The van der Waals surface area contributed by atoms with Crippen molar-refractivity contribution >= 4 is 22.6 Å². The Morgan fingerprint density at radius 3 is 2.71 bits per heavy atom. The molecule has 2 aromatic carbocycles. The highest BCUT2D eigenvalue weighted by Crippen LogP contribution is 2.61. The predicted octanol–water partition coefficient (Wildman–Crippen LogP) is 5.99. The Morgan fingerprint density at radius 2 is 2.03 bits per heavy atom. The van der Waals surface area contributed by atoms with Crippen LogP contribution in [0.25, 0.3) is 10.9 Å². The standard InChI is InChI=1S/C29H35F2N3O4/c1-18-12-25(38-3)22(20-6-8-33-26(18)20)15-34-10-7-28(16-29(30,31)17-28)14-24(34)21-5-4-19(27(35)36)13-23(21)32-9-11-37-2/h4-6,8,12-13,24,32-33H,7,9-11,14-17H2,1-3H3,(H,35,36). The summed E-state index contributed by atoms with van der Waals surface area (Å²) in [5.41, 5.74) is 4.56. The van der Waals surface area contributed by atoms with E-state index in [0.717, 1.165) is 33.3 Å². The zero-order valence-corrected chi connectivity index (χ0v) is 22.1. The molecule has 2 fully saturated rings. The van der Waals surface area contributed by atoms with Crippen molar-refractivity contribution in [1.29, 1.82) is 0 Å². The molecule has 0 amide bonds. The molecule has 1 aromatic heterocycles. The van der Waals surface area contributed by atoms with Gasteiger partial charge < -0.3 is 24.9 Å². The number of fused-ring (bicyclic) bond motifs is 1. The van der Waals surface area contributed by atoms with Crippen LogP contribution in [0.1, 0.15) is 58.8 Å². The van der Waals surface area contributed by atoms with Crippen LogP contribution in [0.15, 0.2) is 36.5 Å². The number of nitrogens with zero attached hydrogens (tertiary/aromatic N) is 1. The van der Waals surface area contributed by atoms with Crippen LogP contribution in [0.3, 0.4) is 0 Å². The van der Waals surface area contributed by atoms with Crippen molar-refractivity contribution in [3.8, 4) is 5.75 Å². The SMILES string of the molecule is COCCNc1cc(C(=O)O)ccc1C1CC2(CCN1Cc1c(OC)cc(C)c3[nH]ccc13)CC(F)(F)C2. The fourth-order valence-electron chi connectivity index (χ4n) is 6.45. The molecule has 2 heterocycles. The number of nitrogens with one attached hydrogen (secondary N) is 2. The van der Waals surface area contributed by atoms with E-state index in [0.29, 0.717) is 44.8 Å². The smallest absolute Gasteiger partial charge is 0.335 e. The Bertz CT molecular complexity index is 1330. The number of halogens is 2. The number of rotatable bonds is 9. The maximum Gasteiger partial charge on any atom is 0.335 e. The van der Waals surface area contributed by atoms with Crippen molar-refractivity contribution in [3.63, 3.8) is 0 Å². The highest BCUT2D eigenvalue weighted by molar-refractivity contribution is 5.89. The first-order valence-electron chi connectivity index (χ1n) is 13.0. The van der Waals surface area contributed by atoms with Gasteiger partial charge in [-0.15, -0.1) is 0 Å². The molecule has 204 valence electrons. The predicted molar refractivity (Wildman–Crippen MR) is 142 cm³/mol. The van der Waals surface area contributed by atoms with Crippen molar-refractivity contribution in [1.82, 2.24) is 9.88 Å². The number of aromatic carboxylic acids is 1. The van der Waals surface area contributed by atoms with Crippen molar-refractivity contribution < 1.29 is 28.2 Å². The molecular formula is C29H35F2N3O4. The minimum Gasteiger partial charge on any atom is -0.496 e. The van der Waals surface area contributed by atoms with E-state index in [2.05, 4.69) is 15.2 Å². The Labute approximate surface area is 221 Å². The lowest BCUT2D eigenvalue weighted by molar-refractivity contribution is -0.186. The van der Waals surface area contributed by atoms with Gasteiger partial charge in [0.25, 0.3) is 0 Å². The van der Waals surface area contributed by atoms with Gasteiger partial charge in [0.1, 0.15) is 5.75 Å². The molecule has 1 saturated carbocycles. The molecule has 1 aliphatic heterocycles. The van der Waals surface area contributed by atoms with Crippen LogP contribution in [0.4, 0.5) is 14.5 Å². The Balaban J connectivity index is 1.55. The molecule has 9 heteroatoms. The first-order chi connectivity index (χ1) is 18.1. The highest BCUT2D eigenvalue weighted by atomic mass is 19.3. The summed E-state index contributed by atoms with van der Waals surface area (Å²) in [6.07, 6.45) is 3.00. The number of methoxy groups -OCH3 is 2. The molecule has 1 unspecified atom stereocenters. The van der Waals surface area contributed by atoms with Crippen LogP contribution in [0.5, 0.6) is 5.75 Å². The lowest BCUT2D eigenvalue weighted by atomic mass is 9.58.